The number of carbonyl (C=O) groups is 2. The van der Waals surface area contributed by atoms with Crippen LogP contribution < -0.4 is 0 Å². The molecular formula is C24H32ClNO3. The molecule has 0 unspecified atom stereocenters. The molecule has 29 heavy (non-hydrogen) atoms. The maximum atomic E-state index is 12.8. The van der Waals surface area contributed by atoms with E-state index in [1.165, 1.54) is 31.2 Å². The number of benzene rings is 1. The molecule has 1 aromatic carbocycles. The first-order valence-corrected chi connectivity index (χ1v) is 11.1. The van der Waals surface area contributed by atoms with Crippen molar-refractivity contribution >= 4 is 23.5 Å². The zero-order valence-electron chi connectivity index (χ0n) is 17.7. The molecule has 3 rings (SSSR count). The van der Waals surface area contributed by atoms with E-state index in [1.807, 2.05) is 12.3 Å². The van der Waals surface area contributed by atoms with Crippen LogP contribution in [0.4, 0.5) is 0 Å². The van der Waals surface area contributed by atoms with Gasteiger partial charge in [0, 0.05) is 29.6 Å². The molecule has 1 amide bonds. The monoisotopic (exact) mass is 417 g/mol. The molecule has 0 aromatic heterocycles. The van der Waals surface area contributed by atoms with Gasteiger partial charge in [-0.1, -0.05) is 70.2 Å². The Balaban J connectivity index is 1.88. The van der Waals surface area contributed by atoms with Gasteiger partial charge in [-0.25, -0.2) is 0 Å². The first-order valence-electron chi connectivity index (χ1n) is 10.7. The van der Waals surface area contributed by atoms with Gasteiger partial charge in [0.05, 0.1) is 6.42 Å². The number of carboxylic acid groups (broad SMARTS) is 1. The summed E-state index contributed by atoms with van der Waals surface area (Å²) in [6.45, 7) is 6.55. The highest BCUT2D eigenvalue weighted by Crippen LogP contribution is 2.44. The van der Waals surface area contributed by atoms with E-state index in [9.17, 15) is 9.59 Å². The fourth-order valence-corrected chi connectivity index (χ4v) is 5.19. The van der Waals surface area contributed by atoms with E-state index in [0.29, 0.717) is 6.42 Å². The fourth-order valence-electron chi connectivity index (χ4n) is 4.93. The minimum absolute atomic E-state index is 0.0377. The Morgan fingerprint density at radius 2 is 2.00 bits per heavy atom. The third-order valence-corrected chi connectivity index (χ3v) is 6.97. The van der Waals surface area contributed by atoms with E-state index < -0.39 is 11.4 Å². The molecule has 1 aromatic rings. The molecular weight excluding hydrogens is 386 g/mol. The number of rotatable bonds is 7. The molecule has 4 nitrogen and oxygen atoms in total. The molecule has 0 spiro atoms. The highest BCUT2D eigenvalue weighted by Gasteiger charge is 2.40. The molecule has 1 atom stereocenters. The smallest absolute Gasteiger partial charge is 0.305 e. The first-order chi connectivity index (χ1) is 13.7. The molecule has 1 N–H and O–H groups in total. The number of nitrogens with zero attached hydrogens (tertiary/aromatic N) is 1. The van der Waals surface area contributed by atoms with Crippen molar-refractivity contribution in [1.82, 2.24) is 4.90 Å². The van der Waals surface area contributed by atoms with Gasteiger partial charge in [0.25, 0.3) is 0 Å². The quantitative estimate of drug-likeness (QED) is 0.630. The Bertz CT molecular complexity index is 810. The van der Waals surface area contributed by atoms with Crippen molar-refractivity contribution in [3.05, 3.63) is 46.1 Å². The second-order valence-electron chi connectivity index (χ2n) is 9.14. The van der Waals surface area contributed by atoms with Crippen molar-refractivity contribution in [2.75, 3.05) is 6.54 Å². The average Bonchev–Trinajstić information content (AvgIpc) is 3.15. The van der Waals surface area contributed by atoms with Crippen LogP contribution in [0.1, 0.15) is 70.4 Å². The molecule has 1 heterocycles. The van der Waals surface area contributed by atoms with Gasteiger partial charge in [0.15, 0.2) is 0 Å². The summed E-state index contributed by atoms with van der Waals surface area (Å²) in [5, 5.41) is 9.76. The number of allylic oxidation sites excluding steroid dienone is 1. The van der Waals surface area contributed by atoms with Crippen LogP contribution in [0.25, 0.3) is 0 Å². The number of aliphatic carboxylic acids is 1. The zero-order chi connectivity index (χ0) is 21.2. The Labute approximate surface area is 178 Å². The summed E-state index contributed by atoms with van der Waals surface area (Å²) in [5.74, 6) is 0.0380. The number of hydrogen-bond acceptors (Lipinski definition) is 2. The number of halogens is 1. The summed E-state index contributed by atoms with van der Waals surface area (Å²) >= 11 is 6.69. The lowest BCUT2D eigenvalue weighted by molar-refractivity contribution is -0.138. The first kappa shape index (κ1) is 21.9. The Kier molecular flexibility index (Phi) is 6.72. The van der Waals surface area contributed by atoms with Gasteiger partial charge in [0.2, 0.25) is 5.91 Å². The van der Waals surface area contributed by atoms with Gasteiger partial charge in [-0.3, -0.25) is 9.59 Å². The summed E-state index contributed by atoms with van der Waals surface area (Å²) in [6.07, 6.45) is 8.40. The Morgan fingerprint density at radius 3 is 2.59 bits per heavy atom. The van der Waals surface area contributed by atoms with Crippen LogP contribution in [-0.4, -0.2) is 28.4 Å². The van der Waals surface area contributed by atoms with Crippen molar-refractivity contribution in [2.24, 2.45) is 11.8 Å². The van der Waals surface area contributed by atoms with E-state index in [4.69, 9.17) is 16.7 Å². The van der Waals surface area contributed by atoms with Crippen LogP contribution >= 0.6 is 11.6 Å². The van der Waals surface area contributed by atoms with Crippen LogP contribution in [0.15, 0.2) is 30.0 Å². The maximum Gasteiger partial charge on any atom is 0.305 e. The average molecular weight is 418 g/mol. The standard InChI is InChI=1S/C24H32ClNO3/c1-16(2)20-15-26(11-10-23(28)29)22(27)14-24(20,3)19-9-8-18(21(25)13-19)12-17-6-4-5-7-17/h8-9,13,15-17H,4-7,10-12,14H2,1-3H3,(H,28,29)/t24-/m0/s1. The van der Waals surface area contributed by atoms with E-state index in [2.05, 4.69) is 32.9 Å². The van der Waals surface area contributed by atoms with E-state index in [-0.39, 0.29) is 24.8 Å². The lowest BCUT2D eigenvalue weighted by Gasteiger charge is -2.41. The summed E-state index contributed by atoms with van der Waals surface area (Å²) < 4.78 is 0. The van der Waals surface area contributed by atoms with Crippen LogP contribution in [0.2, 0.25) is 5.02 Å². The van der Waals surface area contributed by atoms with Gasteiger partial charge >= 0.3 is 5.97 Å². The lowest BCUT2D eigenvalue weighted by Crippen LogP contribution is -2.42. The number of amides is 1. The molecule has 0 saturated heterocycles. The van der Waals surface area contributed by atoms with Crippen molar-refractivity contribution in [3.63, 3.8) is 0 Å². The molecule has 158 valence electrons. The van der Waals surface area contributed by atoms with E-state index in [0.717, 1.165) is 28.5 Å². The van der Waals surface area contributed by atoms with Gasteiger partial charge < -0.3 is 10.0 Å². The van der Waals surface area contributed by atoms with Gasteiger partial charge in [-0.15, -0.1) is 0 Å². The third-order valence-electron chi connectivity index (χ3n) is 6.62. The highest BCUT2D eigenvalue weighted by molar-refractivity contribution is 6.31. The third kappa shape index (κ3) is 4.85. The van der Waals surface area contributed by atoms with Crippen molar-refractivity contribution in [3.8, 4) is 0 Å². The molecule has 0 radical (unpaired) electrons. The highest BCUT2D eigenvalue weighted by atomic mass is 35.5. The second kappa shape index (κ2) is 8.91. The normalized spacial score (nSPS) is 23.0. The summed E-state index contributed by atoms with van der Waals surface area (Å²) in [5.41, 5.74) is 2.97. The minimum Gasteiger partial charge on any atom is -0.481 e. The number of hydrogen-bond donors (Lipinski definition) is 1. The summed E-state index contributed by atoms with van der Waals surface area (Å²) in [7, 11) is 0. The summed E-state index contributed by atoms with van der Waals surface area (Å²) in [4.78, 5) is 25.3. The van der Waals surface area contributed by atoms with Gasteiger partial charge in [0.1, 0.15) is 0 Å². The summed E-state index contributed by atoms with van der Waals surface area (Å²) in [6, 6.07) is 6.31. The molecule has 1 fully saturated rings. The zero-order valence-corrected chi connectivity index (χ0v) is 18.5. The van der Waals surface area contributed by atoms with Crippen LogP contribution in [0, 0.1) is 11.8 Å². The fraction of sp³-hybridized carbons (Fsp3) is 0.583. The maximum absolute atomic E-state index is 12.8. The van der Waals surface area contributed by atoms with Crippen LogP contribution in [-0.2, 0) is 21.4 Å². The van der Waals surface area contributed by atoms with Crippen LogP contribution in [0.5, 0.6) is 0 Å². The van der Waals surface area contributed by atoms with Crippen molar-refractivity contribution in [1.29, 1.82) is 0 Å². The Morgan fingerprint density at radius 1 is 1.31 bits per heavy atom. The van der Waals surface area contributed by atoms with Gasteiger partial charge in [-0.05, 0) is 41.0 Å². The Hall–Kier alpha value is -1.81. The molecule has 2 aliphatic rings. The largest absolute Gasteiger partial charge is 0.481 e. The predicted molar refractivity (Wildman–Crippen MR) is 116 cm³/mol. The lowest BCUT2D eigenvalue weighted by atomic mass is 9.68. The SMILES string of the molecule is CC(C)C1=CN(CCC(=O)O)C(=O)C[C@@]1(C)c1ccc(CC2CCCC2)c(Cl)c1. The molecule has 1 aliphatic carbocycles. The molecule has 1 saturated carbocycles. The van der Waals surface area contributed by atoms with Crippen LogP contribution in [0.3, 0.4) is 0 Å². The van der Waals surface area contributed by atoms with E-state index >= 15 is 0 Å². The number of carboxylic acids is 1. The molecule has 0 bridgehead atoms. The predicted octanol–water partition coefficient (Wildman–Crippen LogP) is 5.58. The van der Waals surface area contributed by atoms with Gasteiger partial charge in [-0.2, -0.15) is 0 Å². The molecule has 5 heteroatoms. The van der Waals surface area contributed by atoms with Crippen molar-refractivity contribution in [2.45, 2.75) is 71.1 Å². The van der Waals surface area contributed by atoms with E-state index in [1.54, 1.807) is 4.90 Å². The van der Waals surface area contributed by atoms with Crippen molar-refractivity contribution < 1.29 is 14.7 Å². The number of carbonyl (C=O) groups excluding carboxylic acids is 1. The topological polar surface area (TPSA) is 57.6 Å². The molecule has 1 aliphatic heterocycles. The minimum atomic E-state index is -0.893. The second-order valence-corrected chi connectivity index (χ2v) is 9.55.